The van der Waals surface area contributed by atoms with Crippen molar-refractivity contribution < 1.29 is 14.1 Å². The van der Waals surface area contributed by atoms with Crippen molar-refractivity contribution in [2.75, 3.05) is 13.2 Å². The van der Waals surface area contributed by atoms with Gasteiger partial charge in [0.05, 0.1) is 11.0 Å². The van der Waals surface area contributed by atoms with Crippen molar-refractivity contribution in [1.82, 2.24) is 25.0 Å². The number of carbonyl (C=O) groups is 1. The molecule has 8 nitrogen and oxygen atoms in total. The monoisotopic (exact) mass is 369 g/mol. The lowest BCUT2D eigenvalue weighted by molar-refractivity contribution is -0.121. The highest BCUT2D eigenvalue weighted by Crippen LogP contribution is 2.26. The molecular formula is C19H23N5O3. The van der Waals surface area contributed by atoms with E-state index in [0.717, 1.165) is 36.3 Å². The Labute approximate surface area is 156 Å². The lowest BCUT2D eigenvalue weighted by Crippen LogP contribution is -2.27. The molecule has 3 heterocycles. The van der Waals surface area contributed by atoms with Gasteiger partial charge in [-0.15, -0.1) is 0 Å². The molecule has 1 fully saturated rings. The molecule has 1 atom stereocenters. The Hall–Kier alpha value is -2.74. The molecule has 1 saturated heterocycles. The van der Waals surface area contributed by atoms with Crippen molar-refractivity contribution in [1.29, 1.82) is 0 Å². The van der Waals surface area contributed by atoms with E-state index in [-0.39, 0.29) is 12.0 Å². The van der Waals surface area contributed by atoms with Gasteiger partial charge >= 0.3 is 0 Å². The fourth-order valence-corrected chi connectivity index (χ4v) is 3.37. The van der Waals surface area contributed by atoms with E-state index in [4.69, 9.17) is 9.26 Å². The van der Waals surface area contributed by atoms with Crippen LogP contribution in [-0.4, -0.2) is 38.8 Å². The first-order valence-corrected chi connectivity index (χ1v) is 9.33. The van der Waals surface area contributed by atoms with E-state index >= 15 is 0 Å². The number of nitrogens with zero attached hydrogens (tertiary/aromatic N) is 4. The number of rotatable bonds is 7. The average Bonchev–Trinajstić information content (AvgIpc) is 3.39. The first-order valence-electron chi connectivity index (χ1n) is 9.33. The molecule has 27 heavy (non-hydrogen) atoms. The quantitative estimate of drug-likeness (QED) is 0.687. The number of fused-ring (bicyclic) bond motifs is 1. The largest absolute Gasteiger partial charge is 0.368 e. The Morgan fingerprint density at radius 2 is 2.22 bits per heavy atom. The Morgan fingerprint density at radius 3 is 3.07 bits per heavy atom. The number of carbonyl (C=O) groups excluding carboxylic acids is 1. The van der Waals surface area contributed by atoms with Crippen LogP contribution in [0, 0.1) is 6.92 Å². The third-order valence-electron chi connectivity index (χ3n) is 4.77. The SMILES string of the molecule is Cc1nc2ccccc2n1CCC(=O)NCCc1noc([C@H]2CCCO2)n1. The summed E-state index contributed by atoms with van der Waals surface area (Å²) >= 11 is 0. The van der Waals surface area contributed by atoms with Gasteiger partial charge < -0.3 is 19.1 Å². The van der Waals surface area contributed by atoms with Gasteiger partial charge in [-0.05, 0) is 31.9 Å². The number of imidazole rings is 1. The van der Waals surface area contributed by atoms with Crippen LogP contribution in [-0.2, 0) is 22.5 Å². The topological polar surface area (TPSA) is 95.1 Å². The second-order valence-corrected chi connectivity index (χ2v) is 6.70. The molecule has 8 heteroatoms. The first-order chi connectivity index (χ1) is 13.2. The molecule has 3 aromatic rings. The molecule has 0 bridgehead atoms. The maximum Gasteiger partial charge on any atom is 0.255 e. The maximum absolute atomic E-state index is 12.2. The molecule has 4 rings (SSSR count). The molecule has 1 N–H and O–H groups in total. The van der Waals surface area contributed by atoms with Crippen LogP contribution in [0.15, 0.2) is 28.8 Å². The number of hydrogen-bond donors (Lipinski definition) is 1. The highest BCUT2D eigenvalue weighted by molar-refractivity contribution is 5.77. The van der Waals surface area contributed by atoms with Crippen molar-refractivity contribution >= 4 is 16.9 Å². The zero-order valence-corrected chi connectivity index (χ0v) is 15.4. The molecule has 0 aliphatic carbocycles. The molecular weight excluding hydrogens is 346 g/mol. The van der Waals surface area contributed by atoms with Gasteiger partial charge in [0.15, 0.2) is 5.82 Å². The summed E-state index contributed by atoms with van der Waals surface area (Å²) < 4.78 is 12.8. The number of hydrogen-bond acceptors (Lipinski definition) is 6. The molecule has 1 aliphatic rings. The smallest absolute Gasteiger partial charge is 0.255 e. The summed E-state index contributed by atoms with van der Waals surface area (Å²) in [7, 11) is 0. The third-order valence-corrected chi connectivity index (χ3v) is 4.77. The minimum absolute atomic E-state index is 0.00461. The van der Waals surface area contributed by atoms with Crippen LogP contribution in [0.3, 0.4) is 0 Å². The second-order valence-electron chi connectivity index (χ2n) is 6.70. The maximum atomic E-state index is 12.2. The van der Waals surface area contributed by atoms with Crippen molar-refractivity contribution in [3.05, 3.63) is 41.8 Å². The highest BCUT2D eigenvalue weighted by Gasteiger charge is 2.23. The highest BCUT2D eigenvalue weighted by atomic mass is 16.5. The number of nitrogens with one attached hydrogen (secondary N) is 1. The molecule has 0 saturated carbocycles. The standard InChI is InChI=1S/C19H23N5O3/c1-13-21-14-5-2-3-6-15(14)24(13)11-9-18(25)20-10-8-17-22-19(27-23-17)16-7-4-12-26-16/h2-3,5-6,16H,4,7-12H2,1H3,(H,20,25)/t16-/m1/s1. The van der Waals surface area contributed by atoms with Crippen LogP contribution in [0.5, 0.6) is 0 Å². The molecule has 142 valence electrons. The molecule has 1 aliphatic heterocycles. The molecule has 0 radical (unpaired) electrons. The lowest BCUT2D eigenvalue weighted by atomic mass is 10.2. The number of para-hydroxylation sites is 2. The summed E-state index contributed by atoms with van der Waals surface area (Å²) in [5, 5.41) is 6.87. The van der Waals surface area contributed by atoms with E-state index in [1.54, 1.807) is 0 Å². The van der Waals surface area contributed by atoms with Crippen LogP contribution in [0.4, 0.5) is 0 Å². The Morgan fingerprint density at radius 1 is 1.33 bits per heavy atom. The minimum atomic E-state index is -0.0749. The Kier molecular flexibility index (Phi) is 5.15. The van der Waals surface area contributed by atoms with E-state index in [9.17, 15) is 4.79 Å². The molecule has 0 unspecified atom stereocenters. The average molecular weight is 369 g/mol. The summed E-state index contributed by atoms with van der Waals surface area (Å²) in [6.07, 6.45) is 2.79. The molecule has 0 spiro atoms. The minimum Gasteiger partial charge on any atom is -0.368 e. The normalized spacial score (nSPS) is 16.9. The fourth-order valence-electron chi connectivity index (χ4n) is 3.37. The Balaban J connectivity index is 1.24. The summed E-state index contributed by atoms with van der Waals surface area (Å²) in [5.74, 6) is 2.04. The first kappa shape index (κ1) is 17.7. The van der Waals surface area contributed by atoms with Gasteiger partial charge in [0, 0.05) is 32.5 Å². The zero-order chi connectivity index (χ0) is 18.6. The van der Waals surface area contributed by atoms with E-state index in [1.165, 1.54) is 0 Å². The lowest BCUT2D eigenvalue weighted by Gasteiger charge is -2.07. The number of amides is 1. The van der Waals surface area contributed by atoms with Gasteiger partial charge in [-0.2, -0.15) is 4.98 Å². The summed E-state index contributed by atoms with van der Waals surface area (Å²) in [4.78, 5) is 21.0. The van der Waals surface area contributed by atoms with Gasteiger partial charge in [0.25, 0.3) is 5.89 Å². The van der Waals surface area contributed by atoms with Gasteiger partial charge in [0.1, 0.15) is 11.9 Å². The van der Waals surface area contributed by atoms with Crippen LogP contribution in [0.1, 0.15) is 42.9 Å². The van der Waals surface area contributed by atoms with Gasteiger partial charge in [-0.25, -0.2) is 4.98 Å². The summed E-state index contributed by atoms with van der Waals surface area (Å²) in [5.41, 5.74) is 2.01. The number of benzene rings is 1. The van der Waals surface area contributed by atoms with E-state index in [1.807, 2.05) is 31.2 Å². The van der Waals surface area contributed by atoms with Gasteiger partial charge in [-0.3, -0.25) is 4.79 Å². The fraction of sp³-hybridized carbons (Fsp3) is 0.474. The molecule has 1 amide bonds. The van der Waals surface area contributed by atoms with Crippen LogP contribution >= 0.6 is 0 Å². The zero-order valence-electron chi connectivity index (χ0n) is 15.4. The van der Waals surface area contributed by atoms with Gasteiger partial charge in [-0.1, -0.05) is 17.3 Å². The van der Waals surface area contributed by atoms with Crippen molar-refractivity contribution in [2.24, 2.45) is 0 Å². The second kappa shape index (κ2) is 7.87. The number of ether oxygens (including phenoxy) is 1. The molecule has 1 aromatic carbocycles. The van der Waals surface area contributed by atoms with Crippen molar-refractivity contribution in [3.63, 3.8) is 0 Å². The van der Waals surface area contributed by atoms with E-state index < -0.39 is 0 Å². The Bertz CT molecular complexity index is 926. The van der Waals surface area contributed by atoms with Crippen LogP contribution in [0.25, 0.3) is 11.0 Å². The van der Waals surface area contributed by atoms with Crippen molar-refractivity contribution in [3.8, 4) is 0 Å². The van der Waals surface area contributed by atoms with Gasteiger partial charge in [0.2, 0.25) is 5.91 Å². The summed E-state index contributed by atoms with van der Waals surface area (Å²) in [6, 6.07) is 7.95. The predicted molar refractivity (Wildman–Crippen MR) is 98.0 cm³/mol. The van der Waals surface area contributed by atoms with Crippen molar-refractivity contribution in [2.45, 2.75) is 45.3 Å². The van der Waals surface area contributed by atoms with Crippen LogP contribution < -0.4 is 5.32 Å². The van der Waals surface area contributed by atoms with Crippen LogP contribution in [0.2, 0.25) is 0 Å². The number of aromatic nitrogens is 4. The predicted octanol–water partition coefficient (Wildman–Crippen LogP) is 2.33. The van der Waals surface area contributed by atoms with E-state index in [2.05, 4.69) is 25.0 Å². The summed E-state index contributed by atoms with van der Waals surface area (Å²) in [6.45, 7) is 3.78. The third kappa shape index (κ3) is 4.00. The number of aryl methyl sites for hydroxylation is 2. The molecule has 2 aromatic heterocycles. The van der Waals surface area contributed by atoms with E-state index in [0.29, 0.717) is 37.6 Å².